The summed E-state index contributed by atoms with van der Waals surface area (Å²) in [5.41, 5.74) is 1.88. The molecule has 0 unspecified atom stereocenters. The van der Waals surface area contributed by atoms with Crippen LogP contribution in [-0.2, 0) is 24.2 Å². The highest BCUT2D eigenvalue weighted by atomic mass is 16.5. The lowest BCUT2D eigenvalue weighted by molar-refractivity contribution is 0.0311. The number of hydrogen-bond donors (Lipinski definition) is 1. The predicted molar refractivity (Wildman–Crippen MR) is 110 cm³/mol. The number of carbonyl (C=O) groups is 1. The molecule has 1 amide bonds. The predicted octanol–water partition coefficient (Wildman–Crippen LogP) is 2.43. The molecule has 0 bridgehead atoms. The maximum absolute atomic E-state index is 12.8. The summed E-state index contributed by atoms with van der Waals surface area (Å²) in [6.07, 6.45) is 2.94. The van der Waals surface area contributed by atoms with Gasteiger partial charge in [0.2, 0.25) is 0 Å². The monoisotopic (exact) mass is 395 g/mol. The molecule has 2 saturated heterocycles. The van der Waals surface area contributed by atoms with Crippen LogP contribution < -0.4 is 5.32 Å². The van der Waals surface area contributed by atoms with Crippen molar-refractivity contribution in [2.75, 3.05) is 39.4 Å². The van der Waals surface area contributed by atoms with Gasteiger partial charge in [-0.25, -0.2) is 0 Å². The fourth-order valence-corrected chi connectivity index (χ4v) is 4.90. The first kappa shape index (κ1) is 18.9. The Labute approximate surface area is 171 Å². The van der Waals surface area contributed by atoms with E-state index in [0.717, 1.165) is 88.8 Å². The minimum atomic E-state index is -0.126. The van der Waals surface area contributed by atoms with Crippen molar-refractivity contribution >= 4 is 5.91 Å². The second-order valence-electron chi connectivity index (χ2n) is 8.61. The Morgan fingerprint density at radius 1 is 0.931 bits per heavy atom. The molecule has 1 aromatic carbocycles. The summed E-state index contributed by atoms with van der Waals surface area (Å²) in [5, 5.41) is 3.36. The lowest BCUT2D eigenvalue weighted by Crippen LogP contribution is -2.49. The van der Waals surface area contributed by atoms with Crippen LogP contribution in [0.5, 0.6) is 0 Å². The molecule has 154 valence electrons. The number of fused-ring (bicyclic) bond motifs is 1. The van der Waals surface area contributed by atoms with Crippen molar-refractivity contribution in [3.8, 4) is 0 Å². The van der Waals surface area contributed by atoms with E-state index < -0.39 is 0 Å². The summed E-state index contributed by atoms with van der Waals surface area (Å²) in [6, 6.07) is 12.2. The zero-order valence-corrected chi connectivity index (χ0v) is 16.9. The highest BCUT2D eigenvalue weighted by molar-refractivity contribution is 5.96. The summed E-state index contributed by atoms with van der Waals surface area (Å²) in [4.78, 5) is 17.5. The molecule has 5 rings (SSSR count). The molecule has 2 aromatic rings. The lowest BCUT2D eigenvalue weighted by Gasteiger charge is -2.29. The summed E-state index contributed by atoms with van der Waals surface area (Å²) in [6.45, 7) is 7.05. The van der Waals surface area contributed by atoms with Crippen LogP contribution in [0.1, 0.15) is 40.3 Å². The first-order valence-electron chi connectivity index (χ1n) is 10.7. The Balaban J connectivity index is 1.20. The van der Waals surface area contributed by atoms with Gasteiger partial charge in [0, 0.05) is 31.7 Å². The van der Waals surface area contributed by atoms with Crippen molar-refractivity contribution in [3.05, 3.63) is 59.0 Å². The van der Waals surface area contributed by atoms with Crippen LogP contribution in [0.25, 0.3) is 0 Å². The van der Waals surface area contributed by atoms with Gasteiger partial charge in [0.05, 0.1) is 31.8 Å². The first-order chi connectivity index (χ1) is 14.2. The summed E-state index contributed by atoms with van der Waals surface area (Å²) in [5.74, 6) is 2.10. The quantitative estimate of drug-likeness (QED) is 0.862. The van der Waals surface area contributed by atoms with Crippen LogP contribution in [0.3, 0.4) is 0 Å². The number of likely N-dealkylation sites (tertiary alicyclic amines) is 1. The van der Waals surface area contributed by atoms with Crippen molar-refractivity contribution in [3.63, 3.8) is 0 Å². The lowest BCUT2D eigenvalue weighted by atomic mass is 9.91. The van der Waals surface area contributed by atoms with E-state index in [9.17, 15) is 4.79 Å². The minimum Gasteiger partial charge on any atom is -0.463 e. The third-order valence-electron chi connectivity index (χ3n) is 6.53. The van der Waals surface area contributed by atoms with E-state index in [0.29, 0.717) is 0 Å². The molecule has 1 atom stereocenters. The molecule has 6 nitrogen and oxygen atoms in total. The Hall–Kier alpha value is -2.15. The van der Waals surface area contributed by atoms with Crippen molar-refractivity contribution in [2.45, 2.75) is 37.9 Å². The van der Waals surface area contributed by atoms with Crippen molar-refractivity contribution in [1.29, 1.82) is 0 Å². The molecule has 3 aliphatic heterocycles. The second-order valence-corrected chi connectivity index (χ2v) is 8.61. The fourth-order valence-electron chi connectivity index (χ4n) is 4.90. The molecule has 0 aliphatic carbocycles. The Morgan fingerprint density at radius 3 is 2.52 bits per heavy atom. The summed E-state index contributed by atoms with van der Waals surface area (Å²) in [7, 11) is 0. The smallest absolute Gasteiger partial charge is 0.252 e. The highest BCUT2D eigenvalue weighted by Crippen LogP contribution is 2.31. The average molecular weight is 396 g/mol. The molecular weight excluding hydrogens is 366 g/mol. The van der Waals surface area contributed by atoms with Gasteiger partial charge < -0.3 is 14.5 Å². The zero-order valence-electron chi connectivity index (χ0n) is 16.9. The van der Waals surface area contributed by atoms with Gasteiger partial charge in [-0.2, -0.15) is 0 Å². The number of furan rings is 1. The van der Waals surface area contributed by atoms with Gasteiger partial charge in [-0.15, -0.1) is 0 Å². The molecule has 1 spiro atoms. The summed E-state index contributed by atoms with van der Waals surface area (Å²) < 4.78 is 11.5. The van der Waals surface area contributed by atoms with E-state index in [4.69, 9.17) is 9.15 Å². The highest BCUT2D eigenvalue weighted by Gasteiger charge is 2.41. The number of hydrogen-bond acceptors (Lipinski definition) is 5. The number of carbonyl (C=O) groups excluding carboxylic acids is 1. The Kier molecular flexibility index (Phi) is 5.16. The largest absolute Gasteiger partial charge is 0.463 e. The van der Waals surface area contributed by atoms with Gasteiger partial charge in [-0.3, -0.25) is 14.6 Å². The number of amides is 1. The molecule has 3 aliphatic rings. The van der Waals surface area contributed by atoms with Crippen LogP contribution in [0.2, 0.25) is 0 Å². The van der Waals surface area contributed by atoms with Crippen LogP contribution in [-0.4, -0.2) is 60.6 Å². The van der Waals surface area contributed by atoms with Gasteiger partial charge in [0.1, 0.15) is 11.5 Å². The average Bonchev–Trinajstić information content (AvgIpc) is 3.31. The maximum Gasteiger partial charge on any atom is 0.252 e. The molecule has 6 heteroatoms. The van der Waals surface area contributed by atoms with Crippen molar-refractivity contribution in [1.82, 2.24) is 15.1 Å². The molecule has 2 fully saturated rings. The SMILES string of the molecule is O=C1N[C@@]2(CCc3ccccc31)CCN(Cc1ccc(CN3CCOCC3)o1)C2. The third kappa shape index (κ3) is 4.10. The molecule has 0 saturated carbocycles. The zero-order chi connectivity index (χ0) is 19.7. The number of benzene rings is 1. The van der Waals surface area contributed by atoms with Crippen LogP contribution in [0.4, 0.5) is 0 Å². The number of aryl methyl sites for hydroxylation is 1. The van der Waals surface area contributed by atoms with E-state index >= 15 is 0 Å². The van der Waals surface area contributed by atoms with Crippen LogP contribution in [0, 0.1) is 0 Å². The minimum absolute atomic E-state index is 0.0748. The third-order valence-corrected chi connectivity index (χ3v) is 6.53. The molecule has 0 radical (unpaired) electrons. The van der Waals surface area contributed by atoms with Crippen molar-refractivity contribution < 1.29 is 13.9 Å². The van der Waals surface area contributed by atoms with E-state index in [1.165, 1.54) is 5.56 Å². The molecular formula is C23H29N3O3. The van der Waals surface area contributed by atoms with Gasteiger partial charge in [0.15, 0.2) is 0 Å². The van der Waals surface area contributed by atoms with E-state index in [1.807, 2.05) is 18.2 Å². The van der Waals surface area contributed by atoms with E-state index in [1.54, 1.807) is 0 Å². The maximum atomic E-state index is 12.8. The topological polar surface area (TPSA) is 58.0 Å². The van der Waals surface area contributed by atoms with Gasteiger partial charge in [-0.1, -0.05) is 18.2 Å². The molecule has 1 N–H and O–H groups in total. The fraction of sp³-hybridized carbons (Fsp3) is 0.522. The second kappa shape index (κ2) is 7.94. The molecule has 4 heterocycles. The number of morpholine rings is 1. The number of rotatable bonds is 4. The Morgan fingerprint density at radius 2 is 1.69 bits per heavy atom. The molecule has 1 aromatic heterocycles. The van der Waals surface area contributed by atoms with Gasteiger partial charge in [-0.05, 0) is 43.0 Å². The van der Waals surface area contributed by atoms with E-state index in [-0.39, 0.29) is 11.4 Å². The van der Waals surface area contributed by atoms with Gasteiger partial charge >= 0.3 is 0 Å². The number of ether oxygens (including phenoxy) is 1. The summed E-state index contributed by atoms with van der Waals surface area (Å²) >= 11 is 0. The van der Waals surface area contributed by atoms with Crippen LogP contribution >= 0.6 is 0 Å². The standard InChI is InChI=1S/C23H29N3O3/c27-22-21-4-2-1-3-18(21)7-8-23(24-22)9-10-26(17-23)16-20-6-5-19(29-20)15-25-11-13-28-14-12-25/h1-6H,7-17H2,(H,24,27)/t23-/m0/s1. The number of nitrogens with zero attached hydrogens (tertiary/aromatic N) is 2. The first-order valence-corrected chi connectivity index (χ1v) is 10.7. The Bertz CT molecular complexity index is 874. The molecule has 29 heavy (non-hydrogen) atoms. The van der Waals surface area contributed by atoms with E-state index in [2.05, 4.69) is 33.3 Å². The normalized spacial score (nSPS) is 25.7. The van der Waals surface area contributed by atoms with Crippen molar-refractivity contribution in [2.24, 2.45) is 0 Å². The van der Waals surface area contributed by atoms with Gasteiger partial charge in [0.25, 0.3) is 5.91 Å². The number of nitrogens with one attached hydrogen (secondary N) is 1. The van der Waals surface area contributed by atoms with Crippen LogP contribution in [0.15, 0.2) is 40.8 Å².